The maximum atomic E-state index is 6.58. The Kier molecular flexibility index (Phi) is 3.10. The van der Waals surface area contributed by atoms with E-state index < -0.39 is 0 Å². The molecule has 0 bridgehead atoms. The van der Waals surface area contributed by atoms with Crippen LogP contribution in [0.25, 0.3) is 53.6 Å². The molecule has 0 amide bonds. The number of furan rings is 1. The topological polar surface area (TPSA) is 38.9 Å². The fourth-order valence-electron chi connectivity index (χ4n) is 3.61. The molecule has 0 saturated carbocycles. The number of rotatable bonds is 1. The standard InChI is InChI=1S/C22H11ClN2OS/c23-21-18(25-22-19(24-21)14-7-2-4-11-17(14)27-22)15-9-5-8-13-12-6-1-3-10-16(12)26-20(13)15/h1-11H. The number of halogens is 1. The van der Waals surface area contributed by atoms with Crippen molar-refractivity contribution < 1.29 is 4.42 Å². The first kappa shape index (κ1) is 15.1. The van der Waals surface area contributed by atoms with Gasteiger partial charge in [-0.1, -0.05) is 60.1 Å². The number of benzene rings is 3. The van der Waals surface area contributed by atoms with Gasteiger partial charge in [0.2, 0.25) is 0 Å². The molecule has 0 saturated heterocycles. The number of para-hydroxylation sites is 2. The largest absolute Gasteiger partial charge is 0.455 e. The lowest BCUT2D eigenvalue weighted by Crippen LogP contribution is -1.89. The van der Waals surface area contributed by atoms with Crippen LogP contribution in [0.3, 0.4) is 0 Å². The molecule has 6 rings (SSSR count). The molecule has 0 unspecified atom stereocenters. The van der Waals surface area contributed by atoms with Gasteiger partial charge in [0, 0.05) is 26.4 Å². The maximum absolute atomic E-state index is 6.58. The molecular formula is C22H11ClN2OS. The summed E-state index contributed by atoms with van der Waals surface area (Å²) < 4.78 is 7.30. The van der Waals surface area contributed by atoms with Crippen molar-refractivity contribution in [1.29, 1.82) is 0 Å². The number of thiophene rings is 1. The monoisotopic (exact) mass is 386 g/mol. The molecule has 3 aromatic carbocycles. The summed E-state index contributed by atoms with van der Waals surface area (Å²) in [5.74, 6) is 0. The van der Waals surface area contributed by atoms with E-state index in [1.54, 1.807) is 11.3 Å². The summed E-state index contributed by atoms with van der Waals surface area (Å²) in [7, 11) is 0. The van der Waals surface area contributed by atoms with Gasteiger partial charge in [0.05, 0.1) is 0 Å². The van der Waals surface area contributed by atoms with Gasteiger partial charge >= 0.3 is 0 Å². The highest BCUT2D eigenvalue weighted by atomic mass is 35.5. The summed E-state index contributed by atoms with van der Waals surface area (Å²) in [6.45, 7) is 0. The van der Waals surface area contributed by atoms with Crippen molar-refractivity contribution in [2.75, 3.05) is 0 Å². The molecule has 0 fully saturated rings. The number of hydrogen-bond donors (Lipinski definition) is 0. The second kappa shape index (κ2) is 5.52. The Labute approximate surface area is 162 Å². The minimum absolute atomic E-state index is 0.388. The van der Waals surface area contributed by atoms with E-state index in [0.29, 0.717) is 10.8 Å². The van der Waals surface area contributed by atoms with Crippen molar-refractivity contribution in [3.8, 4) is 11.3 Å². The fourth-order valence-corrected chi connectivity index (χ4v) is 4.85. The lowest BCUT2D eigenvalue weighted by atomic mass is 10.1. The van der Waals surface area contributed by atoms with E-state index in [-0.39, 0.29) is 0 Å². The summed E-state index contributed by atoms with van der Waals surface area (Å²) in [5, 5.41) is 3.61. The zero-order valence-corrected chi connectivity index (χ0v) is 15.5. The molecule has 0 N–H and O–H groups in total. The summed E-state index contributed by atoms with van der Waals surface area (Å²) in [6.07, 6.45) is 0. The van der Waals surface area contributed by atoms with Gasteiger partial charge in [-0.3, -0.25) is 0 Å². The predicted molar refractivity (Wildman–Crippen MR) is 113 cm³/mol. The predicted octanol–water partition coefficient (Wildman–Crippen LogP) is 7.06. The van der Waals surface area contributed by atoms with Crippen molar-refractivity contribution in [3.63, 3.8) is 0 Å². The summed E-state index contributed by atoms with van der Waals surface area (Å²) in [6, 6.07) is 22.2. The first-order valence-corrected chi connectivity index (χ1v) is 9.74. The lowest BCUT2D eigenvalue weighted by molar-refractivity contribution is 0.670. The van der Waals surface area contributed by atoms with Crippen molar-refractivity contribution >= 4 is 65.3 Å². The minimum Gasteiger partial charge on any atom is -0.455 e. The summed E-state index contributed by atoms with van der Waals surface area (Å²) in [4.78, 5) is 10.4. The van der Waals surface area contributed by atoms with Crippen LogP contribution in [-0.2, 0) is 0 Å². The zero-order valence-electron chi connectivity index (χ0n) is 13.9. The Bertz CT molecular complexity index is 1500. The zero-order chi connectivity index (χ0) is 18.0. The van der Waals surface area contributed by atoms with E-state index in [1.807, 2.05) is 42.5 Å². The van der Waals surface area contributed by atoms with Crippen molar-refractivity contribution in [2.24, 2.45) is 0 Å². The van der Waals surface area contributed by atoms with Gasteiger partial charge in [0.1, 0.15) is 27.2 Å². The lowest BCUT2D eigenvalue weighted by Gasteiger charge is -2.04. The van der Waals surface area contributed by atoms with Crippen molar-refractivity contribution in [2.45, 2.75) is 0 Å². The van der Waals surface area contributed by atoms with Crippen molar-refractivity contribution in [3.05, 3.63) is 71.9 Å². The molecule has 0 atom stereocenters. The molecule has 0 aliphatic carbocycles. The normalized spacial score (nSPS) is 11.9. The first-order valence-electron chi connectivity index (χ1n) is 8.55. The molecule has 3 heterocycles. The Morgan fingerprint density at radius 3 is 2.48 bits per heavy atom. The summed E-state index contributed by atoms with van der Waals surface area (Å²) >= 11 is 8.21. The summed E-state index contributed by atoms with van der Waals surface area (Å²) in [5.41, 5.74) is 4.00. The molecule has 128 valence electrons. The Balaban J connectivity index is 1.70. The minimum atomic E-state index is 0.388. The van der Waals surface area contributed by atoms with Crippen LogP contribution in [0.5, 0.6) is 0 Å². The van der Waals surface area contributed by atoms with E-state index in [2.05, 4.69) is 29.2 Å². The highest BCUT2D eigenvalue weighted by molar-refractivity contribution is 7.25. The van der Waals surface area contributed by atoms with Gasteiger partial charge in [0.15, 0.2) is 5.15 Å². The Morgan fingerprint density at radius 1 is 0.778 bits per heavy atom. The van der Waals surface area contributed by atoms with Gasteiger partial charge in [-0.15, -0.1) is 11.3 Å². The maximum Gasteiger partial charge on any atom is 0.156 e. The van der Waals surface area contributed by atoms with E-state index in [4.69, 9.17) is 21.0 Å². The van der Waals surface area contributed by atoms with Gasteiger partial charge in [-0.2, -0.15) is 0 Å². The van der Waals surface area contributed by atoms with Gasteiger partial charge in [0.25, 0.3) is 0 Å². The molecule has 0 radical (unpaired) electrons. The Morgan fingerprint density at radius 2 is 1.56 bits per heavy atom. The van der Waals surface area contributed by atoms with Crippen LogP contribution < -0.4 is 0 Å². The molecule has 0 aliphatic rings. The second-order valence-corrected chi connectivity index (χ2v) is 7.78. The molecule has 3 aromatic heterocycles. The van der Waals surface area contributed by atoms with Crippen LogP contribution in [0.15, 0.2) is 71.1 Å². The molecule has 6 aromatic rings. The van der Waals surface area contributed by atoms with Crippen LogP contribution in [0, 0.1) is 0 Å². The third kappa shape index (κ3) is 2.14. The highest BCUT2D eigenvalue weighted by Gasteiger charge is 2.18. The van der Waals surface area contributed by atoms with E-state index in [9.17, 15) is 0 Å². The Hall–Kier alpha value is -2.95. The molecule has 5 heteroatoms. The van der Waals surface area contributed by atoms with E-state index >= 15 is 0 Å². The van der Waals surface area contributed by atoms with Gasteiger partial charge < -0.3 is 4.42 Å². The van der Waals surface area contributed by atoms with E-state index in [1.165, 1.54) is 0 Å². The third-order valence-corrected chi connectivity index (χ3v) is 6.15. The third-order valence-electron chi connectivity index (χ3n) is 4.83. The van der Waals surface area contributed by atoms with E-state index in [0.717, 1.165) is 47.9 Å². The number of fused-ring (bicyclic) bond motifs is 6. The van der Waals surface area contributed by atoms with Crippen LogP contribution in [0.2, 0.25) is 5.15 Å². The average Bonchev–Trinajstić information content (AvgIpc) is 3.25. The van der Waals surface area contributed by atoms with Crippen LogP contribution in [-0.4, -0.2) is 9.97 Å². The number of nitrogens with zero attached hydrogens (tertiary/aromatic N) is 2. The fraction of sp³-hybridized carbons (Fsp3) is 0. The van der Waals surface area contributed by atoms with Gasteiger partial charge in [-0.25, -0.2) is 9.97 Å². The molecule has 3 nitrogen and oxygen atoms in total. The van der Waals surface area contributed by atoms with Crippen LogP contribution in [0.4, 0.5) is 0 Å². The SMILES string of the molecule is Clc1nc2c(nc1-c1cccc3c1oc1ccccc13)sc1ccccc12. The van der Waals surface area contributed by atoms with Gasteiger partial charge in [-0.05, 0) is 18.2 Å². The quantitative estimate of drug-likeness (QED) is 0.303. The molecule has 0 spiro atoms. The smallest absolute Gasteiger partial charge is 0.156 e. The first-order chi connectivity index (χ1) is 13.3. The number of hydrogen-bond acceptors (Lipinski definition) is 4. The van der Waals surface area contributed by atoms with Crippen molar-refractivity contribution in [1.82, 2.24) is 9.97 Å². The molecule has 0 aliphatic heterocycles. The number of aromatic nitrogens is 2. The molecular weight excluding hydrogens is 376 g/mol. The highest BCUT2D eigenvalue weighted by Crippen LogP contribution is 2.39. The average molecular weight is 387 g/mol. The molecule has 27 heavy (non-hydrogen) atoms. The second-order valence-electron chi connectivity index (χ2n) is 6.40. The van der Waals surface area contributed by atoms with Crippen LogP contribution in [0.1, 0.15) is 0 Å². The van der Waals surface area contributed by atoms with Crippen LogP contribution >= 0.6 is 22.9 Å².